The van der Waals surface area contributed by atoms with Gasteiger partial charge in [-0.05, 0) is 66.7 Å². The number of benzene rings is 3. The normalized spacial score (nSPS) is 11.8. The fourth-order valence-corrected chi connectivity index (χ4v) is 6.63. The molecule has 12 heteroatoms. The maximum Gasteiger partial charge on any atom is 0.264 e. The molecular weight excluding hydrogens is 538 g/mol. The second-order valence-corrected chi connectivity index (χ2v) is 12.1. The third-order valence-corrected chi connectivity index (χ3v) is 9.60. The second-order valence-electron chi connectivity index (χ2n) is 7.83. The van der Waals surface area contributed by atoms with Crippen molar-refractivity contribution in [1.82, 2.24) is 4.31 Å². The number of hydrogen-bond acceptors (Lipinski definition) is 6. The number of anilines is 2. The molecule has 0 aliphatic heterocycles. The van der Waals surface area contributed by atoms with Crippen LogP contribution in [0.15, 0.2) is 82.6 Å². The van der Waals surface area contributed by atoms with Crippen LogP contribution in [0.25, 0.3) is 0 Å². The van der Waals surface area contributed by atoms with E-state index in [0.717, 1.165) is 4.31 Å². The van der Waals surface area contributed by atoms with E-state index < -0.39 is 32.5 Å². The van der Waals surface area contributed by atoms with E-state index in [1.807, 2.05) is 0 Å². The minimum atomic E-state index is -4.15. The molecule has 0 saturated heterocycles. The molecule has 37 heavy (non-hydrogen) atoms. The van der Waals surface area contributed by atoms with Gasteiger partial charge >= 0.3 is 0 Å². The Hall–Kier alpha value is -3.12. The first-order valence-corrected chi connectivity index (χ1v) is 14.6. The molecule has 0 aliphatic rings. The van der Waals surface area contributed by atoms with Gasteiger partial charge in [0.25, 0.3) is 10.0 Å². The molecule has 0 radical (unpaired) electrons. The van der Waals surface area contributed by atoms with Crippen molar-refractivity contribution in [1.29, 1.82) is 0 Å². The van der Waals surface area contributed by atoms with E-state index in [1.165, 1.54) is 72.1 Å². The van der Waals surface area contributed by atoms with Crippen LogP contribution in [0.4, 0.5) is 11.4 Å². The van der Waals surface area contributed by atoms with Crippen molar-refractivity contribution < 1.29 is 26.4 Å². The minimum Gasteiger partial charge on any atom is -0.497 e. The molecule has 198 valence electrons. The number of hydrogen-bond donors (Lipinski definition) is 1. The van der Waals surface area contributed by atoms with Crippen LogP contribution in [0.3, 0.4) is 0 Å². The SMILES string of the molecule is CCN(CC)S(=O)(=O)c1ccc(NC(=O)CN(c2cccc(Cl)c2)S(=O)(=O)c2ccc(OC)cc2)cc1. The van der Waals surface area contributed by atoms with Crippen LogP contribution in [-0.2, 0) is 24.8 Å². The van der Waals surface area contributed by atoms with Crippen LogP contribution in [-0.4, -0.2) is 53.8 Å². The van der Waals surface area contributed by atoms with Crippen molar-refractivity contribution in [3.63, 3.8) is 0 Å². The monoisotopic (exact) mass is 565 g/mol. The maximum atomic E-state index is 13.5. The number of amides is 1. The van der Waals surface area contributed by atoms with Crippen molar-refractivity contribution in [2.24, 2.45) is 0 Å². The third kappa shape index (κ3) is 6.61. The molecule has 0 bridgehead atoms. The summed E-state index contributed by atoms with van der Waals surface area (Å²) in [6.07, 6.45) is 0. The summed E-state index contributed by atoms with van der Waals surface area (Å²) in [5.41, 5.74) is 0.524. The minimum absolute atomic E-state index is 0.0352. The van der Waals surface area contributed by atoms with Gasteiger partial charge in [-0.25, -0.2) is 16.8 Å². The van der Waals surface area contributed by atoms with Crippen LogP contribution in [0.5, 0.6) is 5.75 Å². The van der Waals surface area contributed by atoms with Crippen molar-refractivity contribution in [3.05, 3.63) is 77.8 Å². The summed E-state index contributed by atoms with van der Waals surface area (Å²) < 4.78 is 59.8. The average Bonchev–Trinajstić information content (AvgIpc) is 2.88. The molecule has 3 rings (SSSR count). The molecule has 0 unspecified atom stereocenters. The number of carbonyl (C=O) groups is 1. The largest absolute Gasteiger partial charge is 0.497 e. The Morgan fingerprint density at radius 2 is 1.43 bits per heavy atom. The Morgan fingerprint density at radius 1 is 0.865 bits per heavy atom. The number of sulfonamides is 2. The smallest absolute Gasteiger partial charge is 0.264 e. The molecule has 1 amide bonds. The molecular formula is C25H28ClN3O6S2. The Labute approximate surface area is 222 Å². The van der Waals surface area contributed by atoms with Gasteiger partial charge in [0.2, 0.25) is 15.9 Å². The lowest BCUT2D eigenvalue weighted by molar-refractivity contribution is -0.114. The maximum absolute atomic E-state index is 13.5. The molecule has 1 N–H and O–H groups in total. The van der Waals surface area contributed by atoms with Gasteiger partial charge in [0.15, 0.2) is 0 Å². The van der Waals surface area contributed by atoms with Crippen LogP contribution < -0.4 is 14.4 Å². The van der Waals surface area contributed by atoms with Crippen molar-refractivity contribution in [2.45, 2.75) is 23.6 Å². The quantitative estimate of drug-likeness (QED) is 0.372. The third-order valence-electron chi connectivity index (χ3n) is 5.51. The predicted octanol–water partition coefficient (Wildman–Crippen LogP) is 4.21. The number of nitrogens with zero attached hydrogens (tertiary/aromatic N) is 2. The van der Waals surface area contributed by atoms with Gasteiger partial charge in [-0.2, -0.15) is 4.31 Å². The van der Waals surface area contributed by atoms with Crippen LogP contribution in [0, 0.1) is 0 Å². The van der Waals surface area contributed by atoms with E-state index in [1.54, 1.807) is 26.0 Å². The summed E-state index contributed by atoms with van der Waals surface area (Å²) in [6, 6.07) is 17.7. The number of halogens is 1. The fourth-order valence-electron chi connectivity index (χ4n) is 3.58. The van der Waals surface area contributed by atoms with Crippen LogP contribution in [0.1, 0.15) is 13.8 Å². The fraction of sp³-hybridized carbons (Fsp3) is 0.240. The van der Waals surface area contributed by atoms with E-state index in [2.05, 4.69) is 5.32 Å². The van der Waals surface area contributed by atoms with Gasteiger partial charge < -0.3 is 10.1 Å². The molecule has 0 atom stereocenters. The molecule has 3 aromatic rings. The van der Waals surface area contributed by atoms with Gasteiger partial charge in [-0.3, -0.25) is 9.10 Å². The Balaban J connectivity index is 1.86. The average molecular weight is 566 g/mol. The predicted molar refractivity (Wildman–Crippen MR) is 144 cm³/mol. The lowest BCUT2D eigenvalue weighted by Crippen LogP contribution is -2.38. The number of nitrogens with one attached hydrogen (secondary N) is 1. The van der Waals surface area contributed by atoms with E-state index in [-0.39, 0.29) is 15.5 Å². The summed E-state index contributed by atoms with van der Waals surface area (Å²) in [7, 11) is -6.33. The van der Waals surface area contributed by atoms with Crippen LogP contribution in [0.2, 0.25) is 5.02 Å². The van der Waals surface area contributed by atoms with Gasteiger partial charge in [0.1, 0.15) is 12.3 Å². The lowest BCUT2D eigenvalue weighted by atomic mass is 10.3. The highest BCUT2D eigenvalue weighted by molar-refractivity contribution is 7.92. The van der Waals surface area contributed by atoms with E-state index in [4.69, 9.17) is 16.3 Å². The zero-order chi connectivity index (χ0) is 27.2. The number of carbonyl (C=O) groups excluding carboxylic acids is 1. The highest BCUT2D eigenvalue weighted by Gasteiger charge is 2.28. The summed E-state index contributed by atoms with van der Waals surface area (Å²) in [5, 5.41) is 2.93. The zero-order valence-electron chi connectivity index (χ0n) is 20.6. The number of ether oxygens (including phenoxy) is 1. The van der Waals surface area contributed by atoms with Crippen LogP contribution >= 0.6 is 11.6 Å². The molecule has 3 aromatic carbocycles. The zero-order valence-corrected chi connectivity index (χ0v) is 23.0. The molecule has 0 saturated carbocycles. The first kappa shape index (κ1) is 28.5. The molecule has 0 spiro atoms. The number of methoxy groups -OCH3 is 1. The Morgan fingerprint density at radius 3 is 1.97 bits per heavy atom. The second kappa shape index (κ2) is 12.0. The summed E-state index contributed by atoms with van der Waals surface area (Å²) in [6.45, 7) is 3.62. The summed E-state index contributed by atoms with van der Waals surface area (Å²) in [4.78, 5) is 13.0. The summed E-state index contributed by atoms with van der Waals surface area (Å²) >= 11 is 6.09. The molecule has 0 heterocycles. The Kier molecular flexibility index (Phi) is 9.19. The molecule has 0 fully saturated rings. The van der Waals surface area contributed by atoms with Crippen molar-refractivity contribution in [3.8, 4) is 5.75 Å². The van der Waals surface area contributed by atoms with Gasteiger partial charge in [0.05, 0.1) is 22.6 Å². The van der Waals surface area contributed by atoms with Crippen molar-refractivity contribution in [2.75, 3.05) is 36.4 Å². The highest BCUT2D eigenvalue weighted by Crippen LogP contribution is 2.27. The molecule has 9 nitrogen and oxygen atoms in total. The standard InChI is InChI=1S/C25H28ClN3O6S2/c1-4-28(5-2)36(31,32)23-13-9-20(10-14-23)27-25(30)18-29(21-8-6-7-19(26)17-21)37(33,34)24-15-11-22(35-3)12-16-24/h6-17H,4-5,18H2,1-3H3,(H,27,30). The van der Waals surface area contributed by atoms with E-state index in [0.29, 0.717) is 29.5 Å². The van der Waals surface area contributed by atoms with Gasteiger partial charge in [-0.15, -0.1) is 0 Å². The van der Waals surface area contributed by atoms with Gasteiger partial charge in [0, 0.05) is 23.8 Å². The first-order chi connectivity index (χ1) is 17.5. The number of rotatable bonds is 11. The van der Waals surface area contributed by atoms with Crippen molar-refractivity contribution >= 4 is 48.9 Å². The summed E-state index contributed by atoms with van der Waals surface area (Å²) in [5.74, 6) is -0.145. The molecule has 0 aromatic heterocycles. The lowest BCUT2D eigenvalue weighted by Gasteiger charge is -2.24. The van der Waals surface area contributed by atoms with Gasteiger partial charge in [-0.1, -0.05) is 31.5 Å². The Bertz CT molecular complexity index is 1440. The van der Waals surface area contributed by atoms with E-state index >= 15 is 0 Å². The topological polar surface area (TPSA) is 113 Å². The highest BCUT2D eigenvalue weighted by atomic mass is 35.5. The van der Waals surface area contributed by atoms with E-state index in [9.17, 15) is 21.6 Å². The first-order valence-electron chi connectivity index (χ1n) is 11.3. The molecule has 0 aliphatic carbocycles.